The Kier molecular flexibility index (Phi) is 6.53. The molecule has 186 valence electrons. The van der Waals surface area contributed by atoms with Gasteiger partial charge in [0, 0.05) is 5.56 Å². The number of hydrogen-bond acceptors (Lipinski definition) is 5. The summed E-state index contributed by atoms with van der Waals surface area (Å²) in [5, 5.41) is 3.24. The predicted molar refractivity (Wildman–Crippen MR) is 139 cm³/mol. The number of benzene rings is 1. The van der Waals surface area contributed by atoms with Crippen LogP contribution >= 0.6 is 0 Å². The Morgan fingerprint density at radius 3 is 2.63 bits per heavy atom. The van der Waals surface area contributed by atoms with Crippen LogP contribution in [0.2, 0.25) is 0 Å². The van der Waals surface area contributed by atoms with Gasteiger partial charge in [0.15, 0.2) is 0 Å². The van der Waals surface area contributed by atoms with Crippen molar-refractivity contribution in [3.05, 3.63) is 53.7 Å². The molecular weight excluding hydrogens is 437 g/mol. The van der Waals surface area contributed by atoms with E-state index in [0.29, 0.717) is 29.6 Å². The largest absolute Gasteiger partial charge is 0.481 e. The molecule has 3 saturated carbocycles. The van der Waals surface area contributed by atoms with Crippen LogP contribution in [0.25, 0.3) is 11.3 Å². The zero-order valence-electron chi connectivity index (χ0n) is 21.4. The number of aromatic nitrogens is 1. The number of hydrogen-bond donors (Lipinski definition) is 2. The van der Waals surface area contributed by atoms with Gasteiger partial charge in [0.05, 0.1) is 34.6 Å². The summed E-state index contributed by atoms with van der Waals surface area (Å²) in [6, 6.07) is 13.8. The second-order valence-corrected chi connectivity index (χ2v) is 11.4. The highest BCUT2D eigenvalue weighted by atomic mass is 16.7. The third kappa shape index (κ3) is 4.32. The van der Waals surface area contributed by atoms with Crippen LogP contribution in [-0.4, -0.2) is 42.2 Å². The summed E-state index contributed by atoms with van der Waals surface area (Å²) in [5.41, 5.74) is 8.93. The number of rotatable bonds is 8. The molecule has 0 radical (unpaired) electrons. The van der Waals surface area contributed by atoms with Crippen LogP contribution in [0.5, 0.6) is 0 Å². The van der Waals surface area contributed by atoms with Crippen LogP contribution in [0, 0.1) is 24.2 Å². The highest BCUT2D eigenvalue weighted by Gasteiger charge is 2.68. The summed E-state index contributed by atoms with van der Waals surface area (Å²) >= 11 is 0. The number of nitrogens with two attached hydrogens (primary N) is 1. The van der Waals surface area contributed by atoms with Gasteiger partial charge in [0.1, 0.15) is 0 Å². The number of nitrogens with zero attached hydrogens (tertiary/aromatic N) is 1. The quantitative estimate of drug-likeness (QED) is 0.432. The lowest BCUT2D eigenvalue weighted by molar-refractivity contribution is -0.199. The molecular formula is C28H38BN3O3. The number of unbranched alkanes of at least 4 members (excludes halogenated alkanes) is 1. The summed E-state index contributed by atoms with van der Waals surface area (Å²) < 4.78 is 13.2. The van der Waals surface area contributed by atoms with Crippen molar-refractivity contribution in [3.8, 4) is 11.3 Å². The highest BCUT2D eigenvalue weighted by molar-refractivity contribution is 6.48. The molecule has 1 aromatic heterocycles. The first-order valence-corrected chi connectivity index (χ1v) is 13.1. The topological polar surface area (TPSA) is 86.5 Å². The maximum Gasteiger partial charge on any atom is 0.481 e. The molecule has 2 unspecified atom stereocenters. The molecule has 2 aromatic rings. The standard InChI is InChI=1S/C28H38BN3O3/c1-18-21(13-14-22(31-18)19-10-6-5-7-11-19)26(33)32-25(12-8-9-15-30)29-34-24-17-20-16-23(27(20,2)3)28(24,4)35-29/h5-7,10-11,13-14,20,23-25H,8-9,12,15-17,30H2,1-4H3,(H,32,33)/t20?,23?,24-,25+,28+/m1/s1. The maximum absolute atomic E-state index is 13.4. The number of carbonyl (C=O) groups excluding carboxylic acids is 1. The molecule has 7 heteroatoms. The highest BCUT2D eigenvalue weighted by Crippen LogP contribution is 2.65. The lowest BCUT2D eigenvalue weighted by atomic mass is 9.43. The molecule has 35 heavy (non-hydrogen) atoms. The summed E-state index contributed by atoms with van der Waals surface area (Å²) in [4.78, 5) is 18.1. The molecule has 1 amide bonds. The van der Waals surface area contributed by atoms with Crippen molar-refractivity contribution in [1.82, 2.24) is 10.3 Å². The molecule has 1 saturated heterocycles. The Labute approximate surface area is 209 Å². The van der Waals surface area contributed by atoms with Gasteiger partial charge in [-0.1, -0.05) is 50.6 Å². The minimum Gasteiger partial charge on any atom is -0.404 e. The van der Waals surface area contributed by atoms with Crippen molar-refractivity contribution < 1.29 is 14.1 Å². The molecule has 4 fully saturated rings. The average Bonchev–Trinajstić information content (AvgIpc) is 3.21. The molecule has 3 aliphatic carbocycles. The average molecular weight is 475 g/mol. The smallest absolute Gasteiger partial charge is 0.404 e. The number of aryl methyl sites for hydroxylation is 1. The van der Waals surface area contributed by atoms with E-state index in [9.17, 15) is 4.79 Å². The predicted octanol–water partition coefficient (Wildman–Crippen LogP) is 4.55. The lowest BCUT2D eigenvalue weighted by Crippen LogP contribution is -2.65. The monoisotopic (exact) mass is 475 g/mol. The van der Waals surface area contributed by atoms with Crippen molar-refractivity contribution in [3.63, 3.8) is 0 Å². The number of pyridine rings is 1. The minimum atomic E-state index is -0.446. The van der Waals surface area contributed by atoms with Crippen molar-refractivity contribution in [2.45, 2.75) is 77.4 Å². The van der Waals surface area contributed by atoms with Crippen LogP contribution in [0.3, 0.4) is 0 Å². The van der Waals surface area contributed by atoms with Crippen LogP contribution in [0.4, 0.5) is 0 Å². The second-order valence-electron chi connectivity index (χ2n) is 11.4. The van der Waals surface area contributed by atoms with Crippen LogP contribution in [0.15, 0.2) is 42.5 Å². The van der Waals surface area contributed by atoms with Crippen LogP contribution in [0.1, 0.15) is 68.9 Å². The fourth-order valence-electron chi connectivity index (χ4n) is 6.67. The van der Waals surface area contributed by atoms with Gasteiger partial charge in [0.25, 0.3) is 5.91 Å². The van der Waals surface area contributed by atoms with Gasteiger partial charge in [-0.05, 0) is 75.5 Å². The SMILES string of the molecule is Cc1nc(-c2ccccc2)ccc1C(=O)N[C@@H](CCCCN)B1O[C@@H]2CC3CC(C3(C)C)[C@]2(C)O1. The fourth-order valence-corrected chi connectivity index (χ4v) is 6.67. The van der Waals surface area contributed by atoms with E-state index < -0.39 is 7.12 Å². The third-order valence-corrected chi connectivity index (χ3v) is 8.98. The Balaban J connectivity index is 1.32. The Bertz CT molecular complexity index is 1080. The normalized spacial score (nSPS) is 29.3. The molecule has 5 atom stereocenters. The number of nitrogens with one attached hydrogen (secondary N) is 1. The summed E-state index contributed by atoms with van der Waals surface area (Å²) in [7, 11) is -0.446. The van der Waals surface area contributed by atoms with Crippen molar-refractivity contribution in [2.75, 3.05) is 6.54 Å². The van der Waals surface area contributed by atoms with Gasteiger partial charge in [-0.2, -0.15) is 0 Å². The fraction of sp³-hybridized carbons (Fsp3) is 0.571. The van der Waals surface area contributed by atoms with Crippen LogP contribution in [-0.2, 0) is 9.31 Å². The Hall–Kier alpha value is -2.22. The van der Waals surface area contributed by atoms with E-state index in [4.69, 9.17) is 20.0 Å². The summed E-state index contributed by atoms with van der Waals surface area (Å²) in [6.45, 7) is 9.46. The molecule has 4 aliphatic rings. The lowest BCUT2D eigenvalue weighted by Gasteiger charge is -2.64. The van der Waals surface area contributed by atoms with E-state index in [2.05, 4.69) is 26.1 Å². The van der Waals surface area contributed by atoms with Crippen molar-refractivity contribution in [2.24, 2.45) is 23.0 Å². The Morgan fingerprint density at radius 1 is 1.17 bits per heavy atom. The molecule has 6 nitrogen and oxygen atoms in total. The van der Waals surface area contributed by atoms with Gasteiger partial charge in [-0.3, -0.25) is 9.78 Å². The van der Waals surface area contributed by atoms with E-state index in [1.54, 1.807) is 0 Å². The summed E-state index contributed by atoms with van der Waals surface area (Å²) in [6.07, 6.45) is 4.91. The third-order valence-electron chi connectivity index (χ3n) is 8.98. The minimum absolute atomic E-state index is 0.0896. The number of amides is 1. The van der Waals surface area contributed by atoms with Crippen LogP contribution < -0.4 is 11.1 Å². The molecule has 6 rings (SSSR count). The van der Waals surface area contributed by atoms with Crippen molar-refractivity contribution >= 4 is 13.0 Å². The van der Waals surface area contributed by atoms with E-state index in [-0.39, 0.29) is 29.0 Å². The molecule has 1 aromatic carbocycles. The van der Waals surface area contributed by atoms with E-state index in [0.717, 1.165) is 36.9 Å². The number of carbonyl (C=O) groups is 1. The molecule has 2 heterocycles. The molecule has 0 spiro atoms. The first-order chi connectivity index (χ1) is 16.7. The van der Waals surface area contributed by atoms with E-state index in [1.807, 2.05) is 49.4 Å². The maximum atomic E-state index is 13.4. The van der Waals surface area contributed by atoms with Gasteiger partial charge in [-0.25, -0.2) is 0 Å². The summed E-state index contributed by atoms with van der Waals surface area (Å²) in [5.74, 6) is 0.811. The first-order valence-electron chi connectivity index (χ1n) is 13.1. The molecule has 2 bridgehead atoms. The van der Waals surface area contributed by atoms with E-state index >= 15 is 0 Å². The van der Waals surface area contributed by atoms with Gasteiger partial charge in [-0.15, -0.1) is 0 Å². The van der Waals surface area contributed by atoms with Crippen molar-refractivity contribution in [1.29, 1.82) is 0 Å². The zero-order valence-corrected chi connectivity index (χ0v) is 21.4. The second kappa shape index (κ2) is 9.34. The Morgan fingerprint density at radius 2 is 1.94 bits per heavy atom. The zero-order chi connectivity index (χ0) is 24.8. The van der Waals surface area contributed by atoms with Gasteiger partial charge in [0.2, 0.25) is 0 Å². The van der Waals surface area contributed by atoms with E-state index in [1.165, 1.54) is 6.42 Å². The van der Waals surface area contributed by atoms with Gasteiger partial charge >= 0.3 is 7.12 Å². The molecule has 1 aliphatic heterocycles. The first kappa shape index (κ1) is 24.5. The molecule has 3 N–H and O–H groups in total. The van der Waals surface area contributed by atoms with Gasteiger partial charge < -0.3 is 20.4 Å².